The molecule has 2 N–H and O–H groups in total. The topological polar surface area (TPSA) is 62.7 Å². The molecule has 1 aromatic carbocycles. The minimum atomic E-state index is -0.409. The number of hydrogen-bond donors (Lipinski definition) is 2. The van der Waals surface area contributed by atoms with Crippen LogP contribution in [0.5, 0.6) is 0 Å². The number of pyridine rings is 1. The minimum absolute atomic E-state index is 0.380. The lowest BCUT2D eigenvalue weighted by molar-refractivity contribution is 0.624. The molecule has 0 radical (unpaired) electrons. The van der Waals surface area contributed by atoms with Crippen molar-refractivity contribution < 1.29 is 4.39 Å². The lowest BCUT2D eigenvalue weighted by Crippen LogP contribution is -2.01. The molecule has 5 nitrogen and oxygen atoms in total. The van der Waals surface area contributed by atoms with E-state index in [-0.39, 0.29) is 0 Å². The molecule has 0 atom stereocenters. The molecule has 0 fully saturated rings. The fourth-order valence-electron chi connectivity index (χ4n) is 2.62. The maximum Gasteiger partial charge on any atom is 0.227 e. The van der Waals surface area contributed by atoms with Crippen LogP contribution in [0.25, 0.3) is 0 Å². The Kier molecular flexibility index (Phi) is 5.41. The summed E-state index contributed by atoms with van der Waals surface area (Å²) in [7, 11) is 0. The summed E-state index contributed by atoms with van der Waals surface area (Å²) in [6.07, 6.45) is 7.06. The van der Waals surface area contributed by atoms with Crippen LogP contribution in [0.4, 0.5) is 27.4 Å². The molecule has 2 heterocycles. The van der Waals surface area contributed by atoms with Crippen LogP contribution in [0.1, 0.15) is 25.0 Å². The number of aromatic nitrogens is 3. The number of benzene rings is 1. The summed E-state index contributed by atoms with van der Waals surface area (Å²) in [5.41, 5.74) is 3.93. The van der Waals surface area contributed by atoms with E-state index in [2.05, 4.69) is 51.6 Å². The molecule has 26 heavy (non-hydrogen) atoms. The lowest BCUT2D eigenvalue weighted by Gasteiger charge is -2.11. The van der Waals surface area contributed by atoms with Crippen LogP contribution in [0, 0.1) is 18.7 Å². The first-order valence-electron chi connectivity index (χ1n) is 8.56. The first-order chi connectivity index (χ1) is 12.5. The average Bonchev–Trinajstić information content (AvgIpc) is 2.61. The Labute approximate surface area is 152 Å². The Morgan fingerprint density at radius 2 is 1.62 bits per heavy atom. The molecule has 2 aromatic heterocycles. The first kappa shape index (κ1) is 17.8. The van der Waals surface area contributed by atoms with E-state index in [9.17, 15) is 4.39 Å². The monoisotopic (exact) mass is 351 g/mol. The van der Waals surface area contributed by atoms with Gasteiger partial charge < -0.3 is 10.6 Å². The molecule has 0 unspecified atom stereocenters. The predicted octanol–water partition coefficient (Wildman–Crippen LogP) is 5.00. The molecule has 0 bridgehead atoms. The Morgan fingerprint density at radius 3 is 2.23 bits per heavy atom. The normalized spacial score (nSPS) is 10.8. The Morgan fingerprint density at radius 1 is 0.923 bits per heavy atom. The van der Waals surface area contributed by atoms with Gasteiger partial charge in [-0.05, 0) is 42.5 Å². The molecular formula is C20H22FN5. The zero-order valence-corrected chi connectivity index (χ0v) is 15.1. The van der Waals surface area contributed by atoms with Gasteiger partial charge in [0, 0.05) is 11.9 Å². The second-order valence-electron chi connectivity index (χ2n) is 6.65. The second-order valence-corrected chi connectivity index (χ2v) is 6.65. The van der Waals surface area contributed by atoms with Crippen LogP contribution in [0.3, 0.4) is 0 Å². The summed E-state index contributed by atoms with van der Waals surface area (Å²) in [5.74, 6) is 0.707. The molecule has 3 aromatic rings. The zero-order chi connectivity index (χ0) is 18.5. The van der Waals surface area contributed by atoms with Crippen LogP contribution >= 0.6 is 0 Å². The van der Waals surface area contributed by atoms with Gasteiger partial charge in [0.25, 0.3) is 0 Å². The molecule has 0 spiro atoms. The van der Waals surface area contributed by atoms with Crippen molar-refractivity contribution in [3.63, 3.8) is 0 Å². The number of nitrogens with one attached hydrogen (secondary N) is 2. The summed E-state index contributed by atoms with van der Waals surface area (Å²) in [6, 6.07) is 8.24. The van der Waals surface area contributed by atoms with E-state index in [1.807, 2.05) is 12.1 Å². The summed E-state index contributed by atoms with van der Waals surface area (Å²) in [6.45, 7) is 6.20. The van der Waals surface area contributed by atoms with Crippen molar-refractivity contribution in [2.24, 2.45) is 5.92 Å². The molecule has 0 saturated carbocycles. The molecule has 0 amide bonds. The quantitative estimate of drug-likeness (QED) is 0.654. The molecule has 134 valence electrons. The second kappa shape index (κ2) is 7.91. The van der Waals surface area contributed by atoms with Gasteiger partial charge in [0.2, 0.25) is 5.95 Å². The van der Waals surface area contributed by atoms with Crippen LogP contribution in [-0.4, -0.2) is 15.0 Å². The van der Waals surface area contributed by atoms with E-state index in [1.165, 1.54) is 11.8 Å². The molecule has 3 rings (SSSR count). The third-order valence-electron chi connectivity index (χ3n) is 3.86. The number of halogens is 1. The van der Waals surface area contributed by atoms with E-state index >= 15 is 0 Å². The lowest BCUT2D eigenvalue weighted by atomic mass is 10.0. The van der Waals surface area contributed by atoms with Gasteiger partial charge >= 0.3 is 0 Å². The van der Waals surface area contributed by atoms with Gasteiger partial charge in [-0.1, -0.05) is 26.0 Å². The third kappa shape index (κ3) is 4.53. The highest BCUT2D eigenvalue weighted by atomic mass is 19.1. The van der Waals surface area contributed by atoms with E-state index < -0.39 is 5.82 Å². The van der Waals surface area contributed by atoms with Crippen molar-refractivity contribution in [2.45, 2.75) is 27.2 Å². The summed E-state index contributed by atoms with van der Waals surface area (Å²) < 4.78 is 13.8. The van der Waals surface area contributed by atoms with Gasteiger partial charge in [-0.15, -0.1) is 0 Å². The van der Waals surface area contributed by atoms with Crippen LogP contribution in [-0.2, 0) is 6.42 Å². The van der Waals surface area contributed by atoms with Crippen molar-refractivity contribution in [3.8, 4) is 0 Å². The van der Waals surface area contributed by atoms with Crippen molar-refractivity contribution in [1.29, 1.82) is 0 Å². The van der Waals surface area contributed by atoms with Gasteiger partial charge in [-0.2, -0.15) is 0 Å². The van der Waals surface area contributed by atoms with E-state index in [0.717, 1.165) is 12.1 Å². The standard InChI is InChI=1S/C20H22FN5/c1-13(2)8-15-4-6-16(7-5-15)26-20-23-10-17(11-24-20)25-19-14(3)9-22-12-18(19)21/h4-7,9-13H,8H2,1-3H3,(H,22,25)(H,23,24,26). The summed E-state index contributed by atoms with van der Waals surface area (Å²) in [5, 5.41) is 6.15. The highest BCUT2D eigenvalue weighted by molar-refractivity contribution is 5.62. The molecule has 0 aliphatic heterocycles. The Hall–Kier alpha value is -3.02. The number of nitrogens with zero attached hydrogens (tertiary/aromatic N) is 3. The van der Waals surface area contributed by atoms with Gasteiger partial charge in [-0.25, -0.2) is 14.4 Å². The molecular weight excluding hydrogens is 329 g/mol. The minimum Gasteiger partial charge on any atom is -0.350 e. The fourth-order valence-corrected chi connectivity index (χ4v) is 2.62. The Bertz CT molecular complexity index is 840. The van der Waals surface area contributed by atoms with Gasteiger partial charge in [0.05, 0.1) is 30.0 Å². The van der Waals surface area contributed by atoms with E-state index in [0.29, 0.717) is 28.8 Å². The number of hydrogen-bond acceptors (Lipinski definition) is 5. The van der Waals surface area contributed by atoms with Crippen LogP contribution in [0.2, 0.25) is 0 Å². The van der Waals surface area contributed by atoms with Gasteiger partial charge in [0.15, 0.2) is 5.82 Å². The maximum absolute atomic E-state index is 13.8. The average molecular weight is 351 g/mol. The Balaban J connectivity index is 1.66. The largest absolute Gasteiger partial charge is 0.350 e. The van der Waals surface area contributed by atoms with Crippen molar-refractivity contribution >= 4 is 23.0 Å². The highest BCUT2D eigenvalue weighted by Gasteiger charge is 2.07. The van der Waals surface area contributed by atoms with E-state index in [4.69, 9.17) is 0 Å². The summed E-state index contributed by atoms with van der Waals surface area (Å²) in [4.78, 5) is 12.4. The number of rotatable bonds is 6. The van der Waals surface area contributed by atoms with Gasteiger partial charge in [0.1, 0.15) is 0 Å². The van der Waals surface area contributed by atoms with Crippen molar-refractivity contribution in [2.75, 3.05) is 10.6 Å². The summed E-state index contributed by atoms with van der Waals surface area (Å²) >= 11 is 0. The molecule has 6 heteroatoms. The maximum atomic E-state index is 13.8. The number of aryl methyl sites for hydroxylation is 1. The predicted molar refractivity (Wildman–Crippen MR) is 103 cm³/mol. The molecule has 0 saturated heterocycles. The third-order valence-corrected chi connectivity index (χ3v) is 3.86. The van der Waals surface area contributed by atoms with Gasteiger partial charge in [-0.3, -0.25) is 4.98 Å². The van der Waals surface area contributed by atoms with Crippen LogP contribution < -0.4 is 10.6 Å². The molecule has 0 aliphatic rings. The number of anilines is 4. The van der Waals surface area contributed by atoms with Crippen LogP contribution in [0.15, 0.2) is 49.1 Å². The zero-order valence-electron chi connectivity index (χ0n) is 15.1. The van der Waals surface area contributed by atoms with Crippen molar-refractivity contribution in [3.05, 3.63) is 66.0 Å². The first-order valence-corrected chi connectivity index (χ1v) is 8.56. The highest BCUT2D eigenvalue weighted by Crippen LogP contribution is 2.22. The smallest absolute Gasteiger partial charge is 0.227 e. The van der Waals surface area contributed by atoms with Crippen molar-refractivity contribution in [1.82, 2.24) is 15.0 Å². The molecule has 0 aliphatic carbocycles. The fraction of sp³-hybridized carbons (Fsp3) is 0.250. The SMILES string of the molecule is Cc1cncc(F)c1Nc1cnc(Nc2ccc(CC(C)C)cc2)nc1. The van der Waals surface area contributed by atoms with E-state index in [1.54, 1.807) is 25.5 Å².